The number of aryl methyl sites for hydroxylation is 1. The maximum absolute atomic E-state index is 11.2. The maximum atomic E-state index is 11.2. The number of rotatable bonds is 3. The molecule has 1 aromatic carbocycles. The van der Waals surface area contributed by atoms with E-state index < -0.39 is 11.9 Å². The molecular weight excluding hydrogens is 299 g/mol. The van der Waals surface area contributed by atoms with Crippen molar-refractivity contribution in [1.29, 1.82) is 0 Å². The zero-order valence-electron chi connectivity index (χ0n) is 11.3. The van der Waals surface area contributed by atoms with Crippen molar-refractivity contribution in [2.45, 2.75) is 26.7 Å². The van der Waals surface area contributed by atoms with Crippen LogP contribution in [-0.4, -0.2) is 20.9 Å². The van der Waals surface area contributed by atoms with Crippen molar-refractivity contribution in [3.63, 3.8) is 0 Å². The molecule has 0 aliphatic heterocycles. The van der Waals surface area contributed by atoms with E-state index in [4.69, 9.17) is 28.3 Å². The van der Waals surface area contributed by atoms with Gasteiger partial charge in [0.25, 0.3) is 0 Å². The molecule has 1 heterocycles. The Bertz CT molecular complexity index is 680. The lowest BCUT2D eigenvalue weighted by molar-refractivity contribution is -0.138. The van der Waals surface area contributed by atoms with Gasteiger partial charge >= 0.3 is 5.97 Å². The molecule has 0 saturated heterocycles. The van der Waals surface area contributed by atoms with Crippen LogP contribution in [-0.2, 0) is 4.79 Å². The summed E-state index contributed by atoms with van der Waals surface area (Å²) in [7, 11) is 0. The van der Waals surface area contributed by atoms with E-state index in [1.54, 1.807) is 36.7 Å². The van der Waals surface area contributed by atoms with E-state index in [1.165, 1.54) is 0 Å². The number of aromatic nitrogens is 2. The van der Waals surface area contributed by atoms with Crippen LogP contribution in [0.5, 0.6) is 0 Å². The molecular formula is C14H14Cl2N2O2. The van der Waals surface area contributed by atoms with Gasteiger partial charge in [0.15, 0.2) is 0 Å². The maximum Gasteiger partial charge on any atom is 0.310 e. The minimum Gasteiger partial charge on any atom is -0.481 e. The van der Waals surface area contributed by atoms with Crippen molar-refractivity contribution in [3.8, 4) is 5.69 Å². The molecule has 0 aliphatic carbocycles. The summed E-state index contributed by atoms with van der Waals surface area (Å²) in [6.45, 7) is 5.30. The monoisotopic (exact) mass is 312 g/mol. The number of carboxylic acid groups (broad SMARTS) is 1. The summed E-state index contributed by atoms with van der Waals surface area (Å²) < 4.78 is 1.69. The topological polar surface area (TPSA) is 55.1 Å². The van der Waals surface area contributed by atoms with Crippen LogP contribution < -0.4 is 0 Å². The van der Waals surface area contributed by atoms with E-state index in [2.05, 4.69) is 5.10 Å². The number of hydrogen-bond donors (Lipinski definition) is 1. The van der Waals surface area contributed by atoms with Crippen LogP contribution in [0.4, 0.5) is 0 Å². The number of carboxylic acids is 1. The molecule has 1 atom stereocenters. The Morgan fingerprint density at radius 2 is 1.95 bits per heavy atom. The second kappa shape index (κ2) is 5.46. The zero-order valence-corrected chi connectivity index (χ0v) is 12.8. The largest absolute Gasteiger partial charge is 0.481 e. The summed E-state index contributed by atoms with van der Waals surface area (Å²) >= 11 is 11.9. The van der Waals surface area contributed by atoms with E-state index in [0.717, 1.165) is 16.9 Å². The van der Waals surface area contributed by atoms with Gasteiger partial charge in [-0.2, -0.15) is 5.10 Å². The van der Waals surface area contributed by atoms with Crippen molar-refractivity contribution in [2.24, 2.45) is 0 Å². The molecule has 1 aromatic heterocycles. The molecule has 0 bridgehead atoms. The van der Waals surface area contributed by atoms with Gasteiger partial charge in [-0.25, -0.2) is 4.68 Å². The summed E-state index contributed by atoms with van der Waals surface area (Å²) in [4.78, 5) is 11.2. The van der Waals surface area contributed by atoms with Gasteiger partial charge in [-0.3, -0.25) is 4.79 Å². The predicted octanol–water partition coefficient (Wildman–Crippen LogP) is 3.98. The molecule has 2 rings (SSSR count). The third-order valence-electron chi connectivity index (χ3n) is 3.30. The molecule has 106 valence electrons. The van der Waals surface area contributed by atoms with Gasteiger partial charge in [0, 0.05) is 11.3 Å². The van der Waals surface area contributed by atoms with Crippen LogP contribution in [0.15, 0.2) is 18.2 Å². The third-order valence-corrected chi connectivity index (χ3v) is 4.04. The number of halogens is 2. The smallest absolute Gasteiger partial charge is 0.310 e. The fraction of sp³-hybridized carbons (Fsp3) is 0.286. The number of benzene rings is 1. The molecule has 0 fully saturated rings. The first-order chi connectivity index (χ1) is 9.32. The molecule has 0 radical (unpaired) electrons. The molecule has 6 heteroatoms. The van der Waals surface area contributed by atoms with Crippen molar-refractivity contribution in [1.82, 2.24) is 9.78 Å². The van der Waals surface area contributed by atoms with E-state index >= 15 is 0 Å². The molecule has 2 aromatic rings. The van der Waals surface area contributed by atoms with Crippen molar-refractivity contribution >= 4 is 29.2 Å². The van der Waals surface area contributed by atoms with Crippen LogP contribution in [0.1, 0.15) is 29.8 Å². The van der Waals surface area contributed by atoms with Gasteiger partial charge in [0.05, 0.1) is 27.3 Å². The number of hydrogen-bond acceptors (Lipinski definition) is 2. The number of carbonyl (C=O) groups is 1. The average Bonchev–Trinajstić information content (AvgIpc) is 2.67. The highest BCUT2D eigenvalue weighted by Gasteiger charge is 2.23. The lowest BCUT2D eigenvalue weighted by atomic mass is 9.99. The first-order valence-corrected chi connectivity index (χ1v) is 6.83. The van der Waals surface area contributed by atoms with Crippen molar-refractivity contribution in [3.05, 3.63) is 45.2 Å². The SMILES string of the molecule is Cc1nn(-c2ccc(Cl)c(Cl)c2)c(C)c1C(C)C(=O)O. The summed E-state index contributed by atoms with van der Waals surface area (Å²) in [6, 6.07) is 5.19. The molecule has 0 spiro atoms. The van der Waals surface area contributed by atoms with Crippen molar-refractivity contribution in [2.75, 3.05) is 0 Å². The Morgan fingerprint density at radius 3 is 2.50 bits per heavy atom. The van der Waals surface area contributed by atoms with Crippen LogP contribution in [0.3, 0.4) is 0 Å². The summed E-state index contributed by atoms with van der Waals surface area (Å²) in [5.41, 5.74) is 2.96. The number of aliphatic carboxylic acids is 1. The zero-order chi connectivity index (χ0) is 15.0. The van der Waals surface area contributed by atoms with Crippen LogP contribution >= 0.6 is 23.2 Å². The summed E-state index contributed by atoms with van der Waals surface area (Å²) in [5.74, 6) is -1.48. The average molecular weight is 313 g/mol. The normalized spacial score (nSPS) is 12.4. The van der Waals surface area contributed by atoms with Crippen molar-refractivity contribution < 1.29 is 9.90 Å². The molecule has 20 heavy (non-hydrogen) atoms. The van der Waals surface area contributed by atoms with Crippen LogP contribution in [0.2, 0.25) is 10.0 Å². The molecule has 0 aliphatic rings. The van der Waals surface area contributed by atoms with E-state index in [9.17, 15) is 4.79 Å². The summed E-state index contributed by atoms with van der Waals surface area (Å²) in [5, 5.41) is 14.5. The molecule has 4 nitrogen and oxygen atoms in total. The highest BCUT2D eigenvalue weighted by atomic mass is 35.5. The lowest BCUT2D eigenvalue weighted by Gasteiger charge is -2.09. The Balaban J connectivity index is 2.56. The minimum atomic E-state index is -0.870. The Morgan fingerprint density at radius 1 is 1.30 bits per heavy atom. The predicted molar refractivity (Wildman–Crippen MR) is 79.1 cm³/mol. The molecule has 0 amide bonds. The standard InChI is InChI=1S/C14H14Cl2N2O2/c1-7(14(19)20)13-8(2)17-18(9(13)3)10-4-5-11(15)12(16)6-10/h4-7H,1-3H3,(H,19,20). The fourth-order valence-electron chi connectivity index (χ4n) is 2.27. The number of nitrogens with zero attached hydrogens (tertiary/aromatic N) is 2. The molecule has 0 saturated carbocycles. The Labute approximate surface area is 126 Å². The molecule has 1 unspecified atom stereocenters. The second-order valence-electron chi connectivity index (χ2n) is 4.65. The second-order valence-corrected chi connectivity index (χ2v) is 5.47. The van der Waals surface area contributed by atoms with Crippen LogP contribution in [0, 0.1) is 13.8 Å². The quantitative estimate of drug-likeness (QED) is 0.932. The van der Waals surface area contributed by atoms with E-state index in [-0.39, 0.29) is 0 Å². The Kier molecular flexibility index (Phi) is 4.06. The van der Waals surface area contributed by atoms with Gasteiger partial charge < -0.3 is 5.11 Å². The van der Waals surface area contributed by atoms with E-state index in [1.807, 2.05) is 6.92 Å². The van der Waals surface area contributed by atoms with Gasteiger partial charge in [-0.1, -0.05) is 23.2 Å². The highest BCUT2D eigenvalue weighted by molar-refractivity contribution is 6.42. The summed E-state index contributed by atoms with van der Waals surface area (Å²) in [6.07, 6.45) is 0. The first kappa shape index (κ1) is 14.9. The first-order valence-electron chi connectivity index (χ1n) is 6.07. The van der Waals surface area contributed by atoms with Gasteiger partial charge in [0.2, 0.25) is 0 Å². The van der Waals surface area contributed by atoms with E-state index in [0.29, 0.717) is 15.7 Å². The third kappa shape index (κ3) is 2.53. The minimum absolute atomic E-state index is 0.435. The molecule has 1 N–H and O–H groups in total. The fourth-order valence-corrected chi connectivity index (χ4v) is 2.57. The van der Waals surface area contributed by atoms with Gasteiger partial charge in [-0.05, 0) is 39.0 Å². The van der Waals surface area contributed by atoms with Crippen LogP contribution in [0.25, 0.3) is 5.69 Å². The van der Waals surface area contributed by atoms with Gasteiger partial charge in [-0.15, -0.1) is 0 Å². The highest BCUT2D eigenvalue weighted by Crippen LogP contribution is 2.28. The Hall–Kier alpha value is -1.52. The lowest BCUT2D eigenvalue weighted by Crippen LogP contribution is -2.09. The van der Waals surface area contributed by atoms with Gasteiger partial charge in [0.1, 0.15) is 0 Å².